The molecule has 22 heavy (non-hydrogen) atoms. The predicted octanol–water partition coefficient (Wildman–Crippen LogP) is 1.89. The second-order valence-corrected chi connectivity index (χ2v) is 6.41. The van der Waals surface area contributed by atoms with Crippen LogP contribution in [0.4, 0.5) is 0 Å². The smallest absolute Gasteiger partial charge is 0.307 e. The quantitative estimate of drug-likeness (QED) is 0.433. The van der Waals surface area contributed by atoms with Gasteiger partial charge in [-0.25, -0.2) is 4.98 Å². The lowest BCUT2D eigenvalue weighted by molar-refractivity contribution is -0.147. The maximum atomic E-state index is 11.5. The largest absolute Gasteiger partial charge is 0.463 e. The van der Waals surface area contributed by atoms with Crippen molar-refractivity contribution in [3.63, 3.8) is 0 Å². The lowest BCUT2D eigenvalue weighted by atomic mass is 10.4. The van der Waals surface area contributed by atoms with Gasteiger partial charge in [-0.1, -0.05) is 0 Å². The summed E-state index contributed by atoms with van der Waals surface area (Å²) in [4.78, 5) is 21.5. The van der Waals surface area contributed by atoms with Crippen LogP contribution in [-0.2, 0) is 16.0 Å². The molecule has 0 bridgehead atoms. The molecular weight excluding hydrogens is 300 g/mol. The van der Waals surface area contributed by atoms with Crippen molar-refractivity contribution in [1.29, 1.82) is 0 Å². The van der Waals surface area contributed by atoms with Gasteiger partial charge in [0.15, 0.2) is 5.96 Å². The maximum absolute atomic E-state index is 11.5. The van der Waals surface area contributed by atoms with E-state index < -0.39 is 0 Å². The van der Waals surface area contributed by atoms with Crippen LogP contribution in [0.1, 0.15) is 37.1 Å². The highest BCUT2D eigenvalue weighted by atomic mass is 32.1. The third-order valence-corrected chi connectivity index (χ3v) is 3.57. The van der Waals surface area contributed by atoms with Gasteiger partial charge in [0.05, 0.1) is 17.5 Å². The first-order valence-corrected chi connectivity index (χ1v) is 8.46. The number of hydrogen-bond donors (Lipinski definition) is 2. The van der Waals surface area contributed by atoms with E-state index in [-0.39, 0.29) is 12.1 Å². The molecule has 124 valence electrons. The summed E-state index contributed by atoms with van der Waals surface area (Å²) >= 11 is 1.70. The summed E-state index contributed by atoms with van der Waals surface area (Å²) in [5.41, 5.74) is 0. The Morgan fingerprint density at radius 1 is 1.45 bits per heavy atom. The molecule has 0 saturated heterocycles. The fraction of sp³-hybridized carbons (Fsp3) is 0.667. The first kappa shape index (κ1) is 18.4. The lowest BCUT2D eigenvalue weighted by Gasteiger charge is -2.12. The zero-order chi connectivity index (χ0) is 16.4. The molecule has 0 aromatic carbocycles. The molecule has 0 amide bonds. The number of nitrogens with one attached hydrogen (secondary N) is 2. The Labute approximate surface area is 136 Å². The Bertz CT molecular complexity index is 486. The molecule has 0 unspecified atom stereocenters. The van der Waals surface area contributed by atoms with E-state index >= 15 is 0 Å². The van der Waals surface area contributed by atoms with Gasteiger partial charge in [-0.3, -0.25) is 9.79 Å². The Balaban J connectivity index is 2.33. The van der Waals surface area contributed by atoms with Crippen molar-refractivity contribution in [2.45, 2.75) is 46.6 Å². The summed E-state index contributed by atoms with van der Waals surface area (Å²) in [6, 6.07) is 0. The van der Waals surface area contributed by atoms with Crippen LogP contribution in [-0.4, -0.2) is 42.7 Å². The van der Waals surface area contributed by atoms with Gasteiger partial charge in [0.2, 0.25) is 0 Å². The van der Waals surface area contributed by atoms with E-state index in [2.05, 4.69) is 20.6 Å². The Morgan fingerprint density at radius 3 is 2.82 bits per heavy atom. The monoisotopic (exact) mass is 326 g/mol. The number of rotatable bonds is 8. The molecule has 1 aromatic heterocycles. The summed E-state index contributed by atoms with van der Waals surface area (Å²) in [6.07, 6.45) is 2.96. The van der Waals surface area contributed by atoms with E-state index in [4.69, 9.17) is 4.74 Å². The second-order valence-electron chi connectivity index (χ2n) is 5.09. The van der Waals surface area contributed by atoms with Gasteiger partial charge in [-0.2, -0.15) is 0 Å². The Kier molecular flexibility index (Phi) is 8.50. The molecule has 1 heterocycles. The van der Waals surface area contributed by atoms with Crippen LogP contribution < -0.4 is 10.6 Å². The molecule has 6 nitrogen and oxygen atoms in total. The number of aromatic nitrogens is 1. The normalized spacial score (nSPS) is 11.6. The van der Waals surface area contributed by atoms with Gasteiger partial charge in [0.1, 0.15) is 0 Å². The van der Waals surface area contributed by atoms with Gasteiger partial charge >= 0.3 is 5.97 Å². The van der Waals surface area contributed by atoms with Crippen molar-refractivity contribution < 1.29 is 9.53 Å². The summed E-state index contributed by atoms with van der Waals surface area (Å²) < 4.78 is 5.09. The third-order valence-electron chi connectivity index (χ3n) is 2.60. The molecule has 2 N–H and O–H groups in total. The molecule has 0 spiro atoms. The van der Waals surface area contributed by atoms with Crippen LogP contribution in [0, 0.1) is 6.92 Å². The van der Waals surface area contributed by atoms with Crippen molar-refractivity contribution in [3.8, 4) is 0 Å². The van der Waals surface area contributed by atoms with E-state index in [1.807, 2.05) is 33.9 Å². The van der Waals surface area contributed by atoms with Crippen LogP contribution in [0.2, 0.25) is 0 Å². The second kappa shape index (κ2) is 10.2. The van der Waals surface area contributed by atoms with Crippen molar-refractivity contribution in [2.75, 3.05) is 19.6 Å². The number of ether oxygens (including phenoxy) is 1. The van der Waals surface area contributed by atoms with Gasteiger partial charge in [0.25, 0.3) is 0 Å². The highest BCUT2D eigenvalue weighted by Gasteiger charge is 2.06. The fourth-order valence-electron chi connectivity index (χ4n) is 1.73. The van der Waals surface area contributed by atoms with Crippen LogP contribution in [0.5, 0.6) is 0 Å². The highest BCUT2D eigenvalue weighted by molar-refractivity contribution is 7.11. The Hall–Kier alpha value is -1.63. The molecule has 0 radical (unpaired) electrons. The number of carbonyl (C=O) groups excluding carboxylic acids is 1. The molecule has 7 heteroatoms. The molecule has 1 rings (SSSR count). The number of guanidine groups is 1. The summed E-state index contributed by atoms with van der Waals surface area (Å²) in [5, 5.41) is 7.39. The zero-order valence-corrected chi connectivity index (χ0v) is 14.6. The SMILES string of the molecule is CCNC(=NCCc1ncc(C)s1)NCCC(=O)OC(C)C. The lowest BCUT2D eigenvalue weighted by Crippen LogP contribution is -2.38. The molecular formula is C15H26N4O2S. The number of thiazole rings is 1. The number of carbonyl (C=O) groups is 1. The molecule has 1 aromatic rings. The van der Waals surface area contributed by atoms with Crippen molar-refractivity contribution in [1.82, 2.24) is 15.6 Å². The third kappa shape index (κ3) is 7.97. The summed E-state index contributed by atoms with van der Waals surface area (Å²) in [7, 11) is 0. The van der Waals surface area contributed by atoms with E-state index in [1.165, 1.54) is 4.88 Å². The van der Waals surface area contributed by atoms with Gasteiger partial charge in [-0.15, -0.1) is 11.3 Å². The zero-order valence-electron chi connectivity index (χ0n) is 13.8. The minimum atomic E-state index is -0.198. The first-order chi connectivity index (χ1) is 10.5. The highest BCUT2D eigenvalue weighted by Crippen LogP contribution is 2.11. The first-order valence-electron chi connectivity index (χ1n) is 7.64. The van der Waals surface area contributed by atoms with E-state index in [0.717, 1.165) is 18.0 Å². The molecule has 0 fully saturated rings. The average molecular weight is 326 g/mol. The molecule has 0 atom stereocenters. The number of esters is 1. The Morgan fingerprint density at radius 2 is 2.23 bits per heavy atom. The standard InChI is InChI=1S/C15H26N4O2S/c1-5-16-15(18-9-7-14(20)21-11(2)3)17-8-6-13-19-10-12(4)22-13/h10-11H,5-9H2,1-4H3,(H2,16,17,18). The number of hydrogen-bond acceptors (Lipinski definition) is 5. The van der Waals surface area contributed by atoms with Gasteiger partial charge < -0.3 is 15.4 Å². The molecule has 0 aliphatic carbocycles. The predicted molar refractivity (Wildman–Crippen MR) is 90.4 cm³/mol. The summed E-state index contributed by atoms with van der Waals surface area (Å²) in [5.74, 6) is 0.518. The number of aliphatic imine (C=N–C) groups is 1. The average Bonchev–Trinajstić information content (AvgIpc) is 2.83. The van der Waals surface area contributed by atoms with E-state index in [0.29, 0.717) is 25.5 Å². The fourth-order valence-corrected chi connectivity index (χ4v) is 2.50. The minimum Gasteiger partial charge on any atom is -0.463 e. The van der Waals surface area contributed by atoms with Crippen molar-refractivity contribution in [2.24, 2.45) is 4.99 Å². The van der Waals surface area contributed by atoms with E-state index in [1.54, 1.807) is 11.3 Å². The summed E-state index contributed by atoms with van der Waals surface area (Å²) in [6.45, 7) is 9.69. The maximum Gasteiger partial charge on any atom is 0.307 e. The van der Waals surface area contributed by atoms with Crippen LogP contribution >= 0.6 is 11.3 Å². The topological polar surface area (TPSA) is 75.6 Å². The molecule has 0 aliphatic rings. The van der Waals surface area contributed by atoms with Crippen molar-refractivity contribution in [3.05, 3.63) is 16.1 Å². The van der Waals surface area contributed by atoms with Gasteiger partial charge in [0, 0.05) is 37.1 Å². The van der Waals surface area contributed by atoms with Crippen molar-refractivity contribution >= 4 is 23.3 Å². The van der Waals surface area contributed by atoms with Crippen LogP contribution in [0.3, 0.4) is 0 Å². The van der Waals surface area contributed by atoms with E-state index in [9.17, 15) is 4.79 Å². The van der Waals surface area contributed by atoms with Crippen LogP contribution in [0.25, 0.3) is 0 Å². The van der Waals surface area contributed by atoms with Gasteiger partial charge in [-0.05, 0) is 27.7 Å². The molecule has 0 aliphatic heterocycles. The number of aryl methyl sites for hydroxylation is 1. The minimum absolute atomic E-state index is 0.0730. The number of nitrogens with zero attached hydrogens (tertiary/aromatic N) is 2. The van der Waals surface area contributed by atoms with Crippen LogP contribution in [0.15, 0.2) is 11.2 Å². The molecule has 0 saturated carbocycles.